The summed E-state index contributed by atoms with van der Waals surface area (Å²) < 4.78 is 27.8. The molecule has 1 aromatic carbocycles. The van der Waals surface area contributed by atoms with Crippen molar-refractivity contribution in [1.29, 1.82) is 0 Å². The quantitative estimate of drug-likeness (QED) is 0.341. The number of nitrogens with zero attached hydrogens (tertiary/aromatic N) is 2. The monoisotopic (exact) mass is 504 g/mol. The summed E-state index contributed by atoms with van der Waals surface area (Å²) in [6.07, 6.45) is 5.31. The van der Waals surface area contributed by atoms with Gasteiger partial charge in [0.2, 0.25) is 10.0 Å². The lowest BCUT2D eigenvalue weighted by atomic mass is 9.86. The van der Waals surface area contributed by atoms with Crippen LogP contribution in [-0.2, 0) is 22.9 Å². The fourth-order valence-electron chi connectivity index (χ4n) is 4.11. The van der Waals surface area contributed by atoms with Crippen LogP contribution in [0, 0.1) is 5.92 Å². The van der Waals surface area contributed by atoms with Crippen molar-refractivity contribution in [2.45, 2.75) is 29.9 Å². The van der Waals surface area contributed by atoms with Crippen LogP contribution in [0.3, 0.4) is 0 Å². The van der Waals surface area contributed by atoms with Crippen LogP contribution in [0.15, 0.2) is 52.3 Å². The van der Waals surface area contributed by atoms with E-state index >= 15 is 0 Å². The van der Waals surface area contributed by atoms with Crippen LogP contribution in [0.4, 0.5) is 11.5 Å². The van der Waals surface area contributed by atoms with E-state index in [2.05, 4.69) is 20.0 Å². The van der Waals surface area contributed by atoms with Crippen molar-refractivity contribution in [2.24, 2.45) is 5.92 Å². The van der Waals surface area contributed by atoms with Crippen LogP contribution in [0.2, 0.25) is 5.02 Å². The van der Waals surface area contributed by atoms with Crippen molar-refractivity contribution in [2.75, 3.05) is 11.9 Å². The number of thiophene rings is 2. The highest BCUT2D eigenvalue weighted by Gasteiger charge is 2.25. The Morgan fingerprint density at radius 3 is 2.91 bits per heavy atom. The highest BCUT2D eigenvalue weighted by molar-refractivity contribution is 7.91. The first-order valence-corrected chi connectivity index (χ1v) is 13.9. The highest BCUT2D eigenvalue weighted by Crippen LogP contribution is 2.41. The summed E-state index contributed by atoms with van der Waals surface area (Å²) in [5.74, 6) is 1.25. The van der Waals surface area contributed by atoms with Crippen molar-refractivity contribution in [3.63, 3.8) is 0 Å². The first-order chi connectivity index (χ1) is 15.5. The first kappa shape index (κ1) is 21.8. The third kappa shape index (κ3) is 4.53. The molecule has 0 saturated heterocycles. The fourth-order valence-corrected chi connectivity index (χ4v) is 7.68. The van der Waals surface area contributed by atoms with Gasteiger partial charge in [0.05, 0.1) is 5.39 Å². The Labute approximate surface area is 199 Å². The van der Waals surface area contributed by atoms with Gasteiger partial charge in [-0.05, 0) is 66.8 Å². The summed E-state index contributed by atoms with van der Waals surface area (Å²) in [7, 11) is -3.40. The molecule has 1 aliphatic rings. The second-order valence-electron chi connectivity index (χ2n) is 7.77. The third-order valence-corrected chi connectivity index (χ3v) is 9.90. The Kier molecular flexibility index (Phi) is 6.18. The summed E-state index contributed by atoms with van der Waals surface area (Å²) in [6, 6.07) is 11.0. The van der Waals surface area contributed by atoms with E-state index in [1.165, 1.54) is 21.8 Å². The van der Waals surface area contributed by atoms with E-state index in [-0.39, 0.29) is 0 Å². The molecule has 32 heavy (non-hydrogen) atoms. The highest BCUT2D eigenvalue weighted by atomic mass is 35.5. The number of rotatable bonds is 7. The number of sulfonamides is 1. The maximum Gasteiger partial charge on any atom is 0.250 e. The second kappa shape index (κ2) is 9.07. The van der Waals surface area contributed by atoms with Crippen molar-refractivity contribution in [1.82, 2.24) is 14.7 Å². The van der Waals surface area contributed by atoms with Crippen molar-refractivity contribution in [3.8, 4) is 0 Å². The molecule has 0 amide bonds. The fraction of sp³-hybridized carbons (Fsp3) is 0.273. The molecule has 10 heteroatoms. The topological polar surface area (TPSA) is 84.0 Å². The summed E-state index contributed by atoms with van der Waals surface area (Å²) in [6.45, 7) is 0.451. The zero-order valence-corrected chi connectivity index (χ0v) is 20.3. The average molecular weight is 505 g/mol. The molecule has 5 rings (SSSR count). The molecule has 1 aliphatic carbocycles. The number of hydrogen-bond acceptors (Lipinski definition) is 7. The van der Waals surface area contributed by atoms with E-state index < -0.39 is 10.0 Å². The summed E-state index contributed by atoms with van der Waals surface area (Å²) in [5, 5.41) is 6.93. The summed E-state index contributed by atoms with van der Waals surface area (Å²) in [4.78, 5) is 11.3. The standard InChI is InChI=1S/C22H21ClN4O2S3/c23-15-3-1-4-16(12-15)27-21-20-17-7-6-14(11-18(17)31-22(20)25-13-24-21)8-9-26-32(28,29)19-5-2-10-30-19/h1-5,10,12-14,26H,6-9,11H2,(H,24,25,27). The minimum absolute atomic E-state index is 0.367. The van der Waals surface area contributed by atoms with Gasteiger partial charge in [-0.25, -0.2) is 23.1 Å². The number of aromatic nitrogens is 2. The minimum Gasteiger partial charge on any atom is -0.340 e. The molecule has 0 radical (unpaired) electrons. The van der Waals surface area contributed by atoms with Crippen molar-refractivity contribution >= 4 is 66.0 Å². The van der Waals surface area contributed by atoms with Crippen LogP contribution in [0.5, 0.6) is 0 Å². The van der Waals surface area contributed by atoms with Crippen LogP contribution in [0.1, 0.15) is 23.3 Å². The number of hydrogen-bond donors (Lipinski definition) is 2. The lowest BCUT2D eigenvalue weighted by molar-refractivity contribution is 0.431. The van der Waals surface area contributed by atoms with E-state index in [4.69, 9.17) is 11.6 Å². The van der Waals surface area contributed by atoms with Gasteiger partial charge in [0, 0.05) is 22.1 Å². The van der Waals surface area contributed by atoms with Gasteiger partial charge in [-0.1, -0.05) is 23.7 Å². The summed E-state index contributed by atoms with van der Waals surface area (Å²) >= 11 is 9.08. The Bertz CT molecular complexity index is 1350. The molecule has 6 nitrogen and oxygen atoms in total. The molecule has 1 atom stereocenters. The van der Waals surface area contributed by atoms with Crippen LogP contribution < -0.4 is 10.0 Å². The molecular formula is C22H21ClN4O2S3. The Hall–Kier alpha value is -2.04. The molecule has 0 spiro atoms. The SMILES string of the molecule is O=S(=O)(NCCC1CCc2c(sc3ncnc(Nc4cccc(Cl)c4)c23)C1)c1cccs1. The van der Waals surface area contributed by atoms with E-state index in [1.807, 2.05) is 24.3 Å². The van der Waals surface area contributed by atoms with Crippen LogP contribution in [-0.4, -0.2) is 24.9 Å². The average Bonchev–Trinajstić information content (AvgIpc) is 3.42. The number of anilines is 2. The molecule has 4 aromatic rings. The Morgan fingerprint density at radius 2 is 2.09 bits per heavy atom. The molecule has 0 fully saturated rings. The molecule has 0 aliphatic heterocycles. The van der Waals surface area contributed by atoms with Gasteiger partial charge >= 0.3 is 0 Å². The van der Waals surface area contributed by atoms with Gasteiger partial charge in [-0.2, -0.15) is 0 Å². The normalized spacial score (nSPS) is 16.2. The second-order valence-corrected chi connectivity index (χ2v) is 12.2. The molecule has 3 heterocycles. The Morgan fingerprint density at radius 1 is 1.19 bits per heavy atom. The molecule has 1 unspecified atom stereocenters. The molecule has 0 bridgehead atoms. The predicted octanol–water partition coefficient (Wildman–Crippen LogP) is 5.62. The lowest BCUT2D eigenvalue weighted by Crippen LogP contribution is -2.26. The van der Waals surface area contributed by atoms with Gasteiger partial charge in [0.1, 0.15) is 21.2 Å². The Balaban J connectivity index is 1.30. The van der Waals surface area contributed by atoms with Crippen molar-refractivity contribution < 1.29 is 8.42 Å². The van der Waals surface area contributed by atoms with Gasteiger partial charge in [-0.15, -0.1) is 22.7 Å². The van der Waals surface area contributed by atoms with E-state index in [9.17, 15) is 8.42 Å². The molecule has 0 saturated carbocycles. The molecule has 166 valence electrons. The van der Waals surface area contributed by atoms with E-state index in [0.717, 1.165) is 47.4 Å². The zero-order valence-electron chi connectivity index (χ0n) is 17.0. The predicted molar refractivity (Wildman–Crippen MR) is 132 cm³/mol. The molecule has 3 aromatic heterocycles. The summed E-state index contributed by atoms with van der Waals surface area (Å²) in [5.41, 5.74) is 2.20. The smallest absolute Gasteiger partial charge is 0.250 e. The maximum atomic E-state index is 12.3. The number of benzene rings is 1. The van der Waals surface area contributed by atoms with Gasteiger partial charge in [0.15, 0.2) is 0 Å². The zero-order chi connectivity index (χ0) is 22.1. The lowest BCUT2D eigenvalue weighted by Gasteiger charge is -2.22. The van der Waals surface area contributed by atoms with Gasteiger partial charge in [0.25, 0.3) is 0 Å². The number of halogens is 1. The van der Waals surface area contributed by atoms with Crippen LogP contribution in [0.25, 0.3) is 10.2 Å². The third-order valence-electron chi connectivity index (χ3n) is 5.64. The number of aryl methyl sites for hydroxylation is 1. The van der Waals surface area contributed by atoms with Gasteiger partial charge < -0.3 is 5.32 Å². The van der Waals surface area contributed by atoms with Crippen molar-refractivity contribution in [3.05, 3.63) is 63.6 Å². The van der Waals surface area contributed by atoms with Crippen LogP contribution >= 0.6 is 34.3 Å². The molecular weight excluding hydrogens is 484 g/mol. The number of nitrogens with one attached hydrogen (secondary N) is 2. The minimum atomic E-state index is -3.40. The molecule has 2 N–H and O–H groups in total. The van der Waals surface area contributed by atoms with Gasteiger partial charge in [-0.3, -0.25) is 0 Å². The largest absolute Gasteiger partial charge is 0.340 e. The first-order valence-electron chi connectivity index (χ1n) is 10.3. The maximum absolute atomic E-state index is 12.3. The van der Waals surface area contributed by atoms with E-state index in [0.29, 0.717) is 21.7 Å². The number of fused-ring (bicyclic) bond motifs is 3. The van der Waals surface area contributed by atoms with E-state index in [1.54, 1.807) is 35.2 Å².